The van der Waals surface area contributed by atoms with E-state index in [1.165, 1.54) is 10.9 Å². The van der Waals surface area contributed by atoms with Crippen LogP contribution in [-0.2, 0) is 41.6 Å². The van der Waals surface area contributed by atoms with E-state index < -0.39 is 53.6 Å². The van der Waals surface area contributed by atoms with Crippen molar-refractivity contribution < 1.29 is 45.8 Å². The van der Waals surface area contributed by atoms with Crippen LogP contribution >= 0.6 is 0 Å². The maximum atomic E-state index is 13.0. The minimum atomic E-state index is -5.03. The van der Waals surface area contributed by atoms with E-state index >= 15 is 0 Å². The molecule has 0 saturated heterocycles. The number of hydrogen-bond donors (Lipinski definition) is 1. The number of hydrogen-bond acceptors (Lipinski definition) is 4. The molecule has 2 heterocycles. The zero-order chi connectivity index (χ0) is 23.0. The van der Waals surface area contributed by atoms with Gasteiger partial charge in [-0.2, -0.15) is 31.4 Å². The summed E-state index contributed by atoms with van der Waals surface area (Å²) in [5.74, 6) is -2.23. The number of halogens is 6. The van der Waals surface area contributed by atoms with Crippen LogP contribution in [0.1, 0.15) is 22.4 Å². The summed E-state index contributed by atoms with van der Waals surface area (Å²) in [6.07, 6.45) is -9.73. The van der Waals surface area contributed by atoms with Gasteiger partial charge in [0.05, 0.1) is 35.8 Å². The number of aliphatic carboxylic acids is 1. The third-order valence-corrected chi connectivity index (χ3v) is 4.61. The van der Waals surface area contributed by atoms with E-state index in [1.54, 1.807) is 6.07 Å². The predicted molar refractivity (Wildman–Crippen MR) is 90.4 cm³/mol. The number of benzene rings is 1. The highest BCUT2D eigenvalue weighted by Crippen LogP contribution is 2.36. The van der Waals surface area contributed by atoms with E-state index in [9.17, 15) is 41.0 Å². The monoisotopic (exact) mass is 451 g/mol. The lowest BCUT2D eigenvalue weighted by Gasteiger charge is -2.22. The Balaban J connectivity index is 1.79. The van der Waals surface area contributed by atoms with Crippen LogP contribution in [0.15, 0.2) is 30.5 Å². The zero-order valence-electron chi connectivity index (χ0n) is 15.6. The topological polar surface area (TPSA) is 84.7 Å². The second-order valence-electron chi connectivity index (χ2n) is 6.89. The van der Waals surface area contributed by atoms with E-state index in [1.807, 2.05) is 0 Å². The Bertz CT molecular complexity index is 953. The Morgan fingerprint density at radius 3 is 2.23 bits per heavy atom. The molecule has 1 aliphatic rings. The number of carboxylic acid groups (broad SMARTS) is 1. The summed E-state index contributed by atoms with van der Waals surface area (Å²) in [4.78, 5) is 24.9. The molecule has 2 aromatic rings. The summed E-state index contributed by atoms with van der Waals surface area (Å²) in [6, 6.07) is 2.44. The van der Waals surface area contributed by atoms with Gasteiger partial charge in [0.15, 0.2) is 0 Å². The second-order valence-corrected chi connectivity index (χ2v) is 6.89. The molecule has 0 radical (unpaired) electrons. The maximum absolute atomic E-state index is 13.0. The quantitative estimate of drug-likeness (QED) is 0.719. The number of ether oxygens (including phenoxy) is 1. The Labute approximate surface area is 170 Å². The molecule has 1 aromatic heterocycles. The van der Waals surface area contributed by atoms with Gasteiger partial charge in [0.2, 0.25) is 0 Å². The molecule has 13 heteroatoms. The average Bonchev–Trinajstić information content (AvgIpc) is 3.01. The predicted octanol–water partition coefficient (Wildman–Crippen LogP) is 3.77. The number of amides is 1. The smallest absolute Gasteiger partial charge is 0.416 e. The van der Waals surface area contributed by atoms with E-state index in [2.05, 4.69) is 5.10 Å². The van der Waals surface area contributed by atoms with Crippen LogP contribution in [0.2, 0.25) is 0 Å². The third-order valence-electron chi connectivity index (χ3n) is 4.61. The van der Waals surface area contributed by atoms with Crippen LogP contribution in [0.4, 0.5) is 31.1 Å². The maximum Gasteiger partial charge on any atom is 0.416 e. The van der Waals surface area contributed by atoms with E-state index in [4.69, 9.17) is 4.74 Å². The van der Waals surface area contributed by atoms with Gasteiger partial charge in [-0.15, -0.1) is 0 Å². The number of rotatable bonds is 3. The number of aromatic nitrogens is 2. The van der Waals surface area contributed by atoms with Crippen LogP contribution in [0, 0.1) is 5.92 Å². The van der Waals surface area contributed by atoms with Crippen molar-refractivity contribution in [2.75, 3.05) is 6.54 Å². The normalized spacial score (nSPS) is 17.1. The van der Waals surface area contributed by atoms with E-state index in [0.717, 1.165) is 4.90 Å². The lowest BCUT2D eigenvalue weighted by molar-refractivity contribution is -0.144. The number of carbonyl (C=O) groups is 2. The van der Waals surface area contributed by atoms with Gasteiger partial charge in [-0.3, -0.25) is 9.48 Å². The van der Waals surface area contributed by atoms with Crippen LogP contribution < -0.4 is 0 Å². The lowest BCUT2D eigenvalue weighted by atomic mass is 10.1. The van der Waals surface area contributed by atoms with Crippen molar-refractivity contribution in [3.05, 3.63) is 52.8 Å². The number of alkyl halides is 6. The average molecular weight is 451 g/mol. The molecular formula is C18H15F6N3O4. The molecule has 1 unspecified atom stereocenters. The minimum Gasteiger partial charge on any atom is -0.481 e. The molecule has 1 amide bonds. The first kappa shape index (κ1) is 22.4. The molecule has 0 spiro atoms. The molecule has 1 aromatic carbocycles. The second kappa shape index (κ2) is 8.12. The van der Waals surface area contributed by atoms with Crippen molar-refractivity contribution in [2.24, 2.45) is 5.92 Å². The van der Waals surface area contributed by atoms with Gasteiger partial charge in [-0.1, -0.05) is 0 Å². The van der Waals surface area contributed by atoms with Crippen molar-refractivity contribution in [2.45, 2.75) is 32.0 Å². The summed E-state index contributed by atoms with van der Waals surface area (Å²) in [5.41, 5.74) is -3.07. The highest BCUT2D eigenvalue weighted by molar-refractivity contribution is 5.73. The number of carbonyl (C=O) groups excluding carboxylic acids is 1. The first-order valence-electron chi connectivity index (χ1n) is 8.78. The van der Waals surface area contributed by atoms with Gasteiger partial charge >= 0.3 is 24.4 Å². The Morgan fingerprint density at radius 1 is 1.06 bits per heavy atom. The van der Waals surface area contributed by atoms with Crippen molar-refractivity contribution in [1.82, 2.24) is 14.7 Å². The van der Waals surface area contributed by atoms with Gasteiger partial charge in [-0.25, -0.2) is 4.79 Å². The molecule has 31 heavy (non-hydrogen) atoms. The molecule has 0 saturated carbocycles. The molecule has 0 aliphatic carbocycles. The molecule has 3 rings (SSSR count). The van der Waals surface area contributed by atoms with Crippen molar-refractivity contribution in [3.8, 4) is 0 Å². The largest absolute Gasteiger partial charge is 0.481 e. The molecule has 7 nitrogen and oxygen atoms in total. The standard InChI is InChI=1S/C18H15F6N3O4/c19-17(20,21)12-3-10(4-13(5-12)18(22,23)24)9-31-16(30)26-6-11(15(28)29)7-27-14(8-26)1-2-25-27/h1-5,11H,6-9H2,(H,28,29). The Hall–Kier alpha value is -3.25. The van der Waals surface area contributed by atoms with Gasteiger partial charge in [0.1, 0.15) is 6.61 Å². The highest BCUT2D eigenvalue weighted by atomic mass is 19.4. The van der Waals surface area contributed by atoms with Crippen LogP contribution in [0.5, 0.6) is 0 Å². The first-order valence-corrected chi connectivity index (χ1v) is 8.78. The van der Waals surface area contributed by atoms with Gasteiger partial charge < -0.3 is 14.7 Å². The van der Waals surface area contributed by atoms with Crippen molar-refractivity contribution in [3.63, 3.8) is 0 Å². The fourth-order valence-corrected chi connectivity index (χ4v) is 3.09. The van der Waals surface area contributed by atoms with Gasteiger partial charge in [-0.05, 0) is 29.8 Å². The summed E-state index contributed by atoms with van der Waals surface area (Å²) in [7, 11) is 0. The molecule has 0 fully saturated rings. The van der Waals surface area contributed by atoms with Crippen LogP contribution in [-0.4, -0.2) is 38.4 Å². The number of fused-ring (bicyclic) bond motifs is 1. The molecule has 1 aliphatic heterocycles. The molecule has 1 N–H and O–H groups in total. The minimum absolute atomic E-state index is 0.00990. The fraction of sp³-hybridized carbons (Fsp3) is 0.389. The van der Waals surface area contributed by atoms with Gasteiger partial charge in [0, 0.05) is 12.7 Å². The summed E-state index contributed by atoms with van der Waals surface area (Å²) in [5, 5.41) is 13.3. The van der Waals surface area contributed by atoms with E-state index in [0.29, 0.717) is 17.8 Å². The molecule has 0 bridgehead atoms. The summed E-state index contributed by atoms with van der Waals surface area (Å²) >= 11 is 0. The van der Waals surface area contributed by atoms with Gasteiger partial charge in [0.25, 0.3) is 0 Å². The number of carboxylic acids is 1. The summed E-state index contributed by atoms with van der Waals surface area (Å²) in [6.45, 7) is -1.23. The SMILES string of the molecule is O=C(O)C1CN(C(=O)OCc2cc(C(F)(F)F)cc(C(F)(F)F)c2)Cc2ccnn2C1. The third kappa shape index (κ3) is 5.27. The first-order chi connectivity index (χ1) is 14.3. The Morgan fingerprint density at radius 2 is 1.68 bits per heavy atom. The zero-order valence-corrected chi connectivity index (χ0v) is 15.6. The molecule has 168 valence electrons. The summed E-state index contributed by atoms with van der Waals surface area (Å²) < 4.78 is 84.0. The highest BCUT2D eigenvalue weighted by Gasteiger charge is 2.37. The lowest BCUT2D eigenvalue weighted by Crippen LogP contribution is -2.36. The number of nitrogens with zero attached hydrogens (tertiary/aromatic N) is 3. The molecular weight excluding hydrogens is 436 g/mol. The molecule has 1 atom stereocenters. The van der Waals surface area contributed by atoms with Crippen molar-refractivity contribution >= 4 is 12.1 Å². The Kier molecular flexibility index (Phi) is 5.87. The van der Waals surface area contributed by atoms with Crippen LogP contribution in [0.25, 0.3) is 0 Å². The van der Waals surface area contributed by atoms with Crippen LogP contribution in [0.3, 0.4) is 0 Å². The fourth-order valence-electron chi connectivity index (χ4n) is 3.09. The van der Waals surface area contributed by atoms with Crippen molar-refractivity contribution in [1.29, 1.82) is 0 Å². The van der Waals surface area contributed by atoms with E-state index in [-0.39, 0.29) is 25.7 Å².